The number of thioether (sulfide) groups is 1. The third-order valence-electron chi connectivity index (χ3n) is 5.26. The summed E-state index contributed by atoms with van der Waals surface area (Å²) < 4.78 is 25.6. The Bertz CT molecular complexity index is 1420. The molecule has 1 saturated heterocycles. The normalized spacial score (nSPS) is 14.2. The third-order valence-corrected chi connectivity index (χ3v) is 7.34. The second-order valence-corrected chi connectivity index (χ2v) is 10.5. The Balaban J connectivity index is 1.49. The molecule has 1 aliphatic rings. The van der Waals surface area contributed by atoms with E-state index in [2.05, 4.69) is 27.9 Å². The number of carbonyl (C=O) groups excluding carboxylic acids is 3. The van der Waals surface area contributed by atoms with Gasteiger partial charge in [-0.2, -0.15) is 0 Å². The Morgan fingerprint density at radius 1 is 1.13 bits per heavy atom. The van der Waals surface area contributed by atoms with E-state index >= 15 is 0 Å². The Morgan fingerprint density at radius 3 is 2.58 bits per heavy atom. The molecule has 0 radical (unpaired) electrons. The Morgan fingerprint density at radius 2 is 1.87 bits per heavy atom. The van der Waals surface area contributed by atoms with Crippen molar-refractivity contribution in [1.82, 2.24) is 4.90 Å². The van der Waals surface area contributed by atoms with Crippen molar-refractivity contribution in [3.63, 3.8) is 0 Å². The topological polar surface area (TPSA) is 84.9 Å². The molecule has 0 aromatic heterocycles. The largest absolute Gasteiger partial charge is 0.490 e. The molecule has 3 amide bonds. The molecule has 11 heteroatoms. The van der Waals surface area contributed by atoms with Crippen LogP contribution in [0.1, 0.15) is 18.1 Å². The number of nitrogens with one attached hydrogen (secondary N) is 1. The van der Waals surface area contributed by atoms with E-state index in [1.165, 1.54) is 24.3 Å². The fourth-order valence-corrected chi connectivity index (χ4v) is 5.31. The number of halogens is 3. The number of amides is 3. The maximum atomic E-state index is 13.1. The zero-order valence-electron chi connectivity index (χ0n) is 20.0. The van der Waals surface area contributed by atoms with Gasteiger partial charge in [-0.1, -0.05) is 29.8 Å². The molecule has 0 bridgehead atoms. The van der Waals surface area contributed by atoms with E-state index < -0.39 is 29.4 Å². The van der Waals surface area contributed by atoms with Crippen molar-refractivity contribution in [2.24, 2.45) is 0 Å². The lowest BCUT2D eigenvalue weighted by molar-refractivity contribution is -0.127. The molecule has 4 rings (SSSR count). The molecule has 3 aromatic rings. The van der Waals surface area contributed by atoms with E-state index in [-0.39, 0.29) is 11.5 Å². The molecule has 0 unspecified atom stereocenters. The number of anilines is 1. The summed E-state index contributed by atoms with van der Waals surface area (Å²) in [4.78, 5) is 38.8. The second kappa shape index (κ2) is 12.6. The molecular formula is C27H21ClFIN2O5S. The van der Waals surface area contributed by atoms with E-state index in [0.29, 0.717) is 34.4 Å². The SMILES string of the molecule is CCOc1cc(/C=C2\SC(=O)N(CC(=O)Nc3ccc(F)cc3)C2=O)cc(I)c1OCc1ccccc1Cl. The van der Waals surface area contributed by atoms with Crippen LogP contribution in [0.15, 0.2) is 65.6 Å². The van der Waals surface area contributed by atoms with Gasteiger partial charge < -0.3 is 14.8 Å². The molecule has 1 N–H and O–H groups in total. The van der Waals surface area contributed by atoms with Crippen LogP contribution in [0.2, 0.25) is 5.02 Å². The van der Waals surface area contributed by atoms with Crippen molar-refractivity contribution in [3.05, 3.63) is 91.1 Å². The summed E-state index contributed by atoms with van der Waals surface area (Å²) in [6.45, 7) is 2.02. The first-order chi connectivity index (χ1) is 18.2. The lowest BCUT2D eigenvalue weighted by atomic mass is 10.1. The average Bonchev–Trinajstić information content (AvgIpc) is 3.13. The number of benzene rings is 3. The van der Waals surface area contributed by atoms with E-state index in [4.69, 9.17) is 21.1 Å². The van der Waals surface area contributed by atoms with E-state index in [1.807, 2.05) is 25.1 Å². The van der Waals surface area contributed by atoms with E-state index in [1.54, 1.807) is 24.3 Å². The summed E-state index contributed by atoms with van der Waals surface area (Å²) in [5.74, 6) is -0.582. The monoisotopic (exact) mass is 666 g/mol. The minimum Gasteiger partial charge on any atom is -0.490 e. The Labute approximate surface area is 241 Å². The first-order valence-electron chi connectivity index (χ1n) is 11.4. The summed E-state index contributed by atoms with van der Waals surface area (Å²) in [5, 5.41) is 2.58. The fourth-order valence-electron chi connectivity index (χ4n) is 3.50. The summed E-state index contributed by atoms with van der Waals surface area (Å²) in [5.41, 5.74) is 1.81. The van der Waals surface area contributed by atoms with E-state index in [9.17, 15) is 18.8 Å². The van der Waals surface area contributed by atoms with Crippen LogP contribution < -0.4 is 14.8 Å². The van der Waals surface area contributed by atoms with Gasteiger partial charge in [-0.3, -0.25) is 19.3 Å². The van der Waals surface area contributed by atoms with Crippen LogP contribution >= 0.6 is 46.0 Å². The Kier molecular flexibility index (Phi) is 9.29. The van der Waals surface area contributed by atoms with Gasteiger partial charge in [0, 0.05) is 16.3 Å². The van der Waals surface area contributed by atoms with Gasteiger partial charge in [-0.15, -0.1) is 0 Å². The minimum absolute atomic E-state index is 0.174. The number of ether oxygens (including phenoxy) is 2. The highest BCUT2D eigenvalue weighted by molar-refractivity contribution is 14.1. The molecule has 0 atom stereocenters. The lowest BCUT2D eigenvalue weighted by Crippen LogP contribution is -2.36. The smallest absolute Gasteiger partial charge is 0.294 e. The molecule has 1 fully saturated rings. The van der Waals surface area contributed by atoms with Crippen molar-refractivity contribution in [2.45, 2.75) is 13.5 Å². The quantitative estimate of drug-likeness (QED) is 0.201. The lowest BCUT2D eigenvalue weighted by Gasteiger charge is -2.15. The number of imide groups is 1. The fraction of sp³-hybridized carbons (Fsp3) is 0.148. The van der Waals surface area contributed by atoms with Gasteiger partial charge in [0.05, 0.1) is 15.1 Å². The van der Waals surface area contributed by atoms with Crippen LogP contribution in [0.3, 0.4) is 0 Å². The van der Waals surface area contributed by atoms with Gasteiger partial charge in [-0.25, -0.2) is 4.39 Å². The van der Waals surface area contributed by atoms with Crippen LogP contribution in [0.5, 0.6) is 11.5 Å². The van der Waals surface area contributed by atoms with Crippen molar-refractivity contribution >= 4 is 74.8 Å². The van der Waals surface area contributed by atoms with Crippen molar-refractivity contribution in [3.8, 4) is 11.5 Å². The van der Waals surface area contributed by atoms with Gasteiger partial charge in [-0.05, 0) is 95.4 Å². The third kappa shape index (κ3) is 6.86. The standard InChI is InChI=1S/C27H21ClFIN2O5S/c1-2-36-22-12-16(11-21(30)25(22)37-15-17-5-3-4-6-20(17)28)13-23-26(34)32(27(35)38-23)14-24(33)31-19-9-7-18(29)8-10-19/h3-13H,2,14-15H2,1H3,(H,31,33)/b23-13-. The number of rotatable bonds is 9. The van der Waals surface area contributed by atoms with Crippen LogP contribution in [0.4, 0.5) is 14.9 Å². The van der Waals surface area contributed by atoms with Gasteiger partial charge >= 0.3 is 0 Å². The molecule has 0 aliphatic carbocycles. The van der Waals surface area contributed by atoms with Crippen molar-refractivity contribution < 1.29 is 28.2 Å². The molecule has 3 aromatic carbocycles. The summed E-state index contributed by atoms with van der Waals surface area (Å²) >= 11 is 9.10. The zero-order valence-corrected chi connectivity index (χ0v) is 23.7. The average molecular weight is 667 g/mol. The molecule has 0 spiro atoms. The number of hydrogen-bond acceptors (Lipinski definition) is 6. The van der Waals surface area contributed by atoms with Gasteiger partial charge in [0.2, 0.25) is 5.91 Å². The highest BCUT2D eigenvalue weighted by Crippen LogP contribution is 2.38. The van der Waals surface area contributed by atoms with Gasteiger partial charge in [0.1, 0.15) is 19.0 Å². The van der Waals surface area contributed by atoms with E-state index in [0.717, 1.165) is 25.8 Å². The highest BCUT2D eigenvalue weighted by Gasteiger charge is 2.36. The predicted octanol–water partition coefficient (Wildman–Crippen LogP) is 6.74. The molecule has 0 saturated carbocycles. The molecule has 1 aliphatic heterocycles. The van der Waals surface area contributed by atoms with Gasteiger partial charge in [0.15, 0.2) is 11.5 Å². The maximum Gasteiger partial charge on any atom is 0.294 e. The molecule has 7 nitrogen and oxygen atoms in total. The number of nitrogens with zero attached hydrogens (tertiary/aromatic N) is 1. The summed E-state index contributed by atoms with van der Waals surface area (Å²) in [7, 11) is 0. The molecule has 1 heterocycles. The number of hydrogen-bond donors (Lipinski definition) is 1. The second-order valence-electron chi connectivity index (χ2n) is 7.97. The minimum atomic E-state index is -0.582. The molecular weight excluding hydrogens is 646 g/mol. The zero-order chi connectivity index (χ0) is 27.2. The summed E-state index contributed by atoms with van der Waals surface area (Å²) in [6.07, 6.45) is 1.57. The maximum absolute atomic E-state index is 13.1. The first-order valence-corrected chi connectivity index (χ1v) is 13.7. The highest BCUT2D eigenvalue weighted by atomic mass is 127. The summed E-state index contributed by atoms with van der Waals surface area (Å²) in [6, 6.07) is 16.1. The molecule has 196 valence electrons. The molecule has 38 heavy (non-hydrogen) atoms. The van der Waals surface area contributed by atoms with Gasteiger partial charge in [0.25, 0.3) is 11.1 Å². The van der Waals surface area contributed by atoms with Crippen molar-refractivity contribution in [1.29, 1.82) is 0 Å². The predicted molar refractivity (Wildman–Crippen MR) is 154 cm³/mol. The van der Waals surface area contributed by atoms with Crippen LogP contribution in [0.25, 0.3) is 6.08 Å². The number of carbonyl (C=O) groups is 3. The Hall–Kier alpha value is -3.09. The van der Waals surface area contributed by atoms with Crippen LogP contribution in [-0.2, 0) is 16.2 Å². The van der Waals surface area contributed by atoms with Crippen LogP contribution in [-0.4, -0.2) is 35.1 Å². The first kappa shape index (κ1) is 27.9. The van der Waals surface area contributed by atoms with Crippen molar-refractivity contribution in [2.75, 3.05) is 18.5 Å². The van der Waals surface area contributed by atoms with Crippen LogP contribution in [0, 0.1) is 9.39 Å².